The molecule has 0 aromatic rings. The van der Waals surface area contributed by atoms with E-state index in [1.165, 1.54) is 77.0 Å². The number of carbonyl (C=O) groups excluding carboxylic acids is 2. The van der Waals surface area contributed by atoms with Crippen molar-refractivity contribution >= 4 is 19.7 Å². The highest BCUT2D eigenvalue weighted by Crippen LogP contribution is 2.43. The molecule has 10 heteroatoms. The molecule has 0 aliphatic rings. The Kier molecular flexibility index (Phi) is 56.5. The molecule has 81 heavy (non-hydrogen) atoms. The number of hydrogen-bond donors (Lipinski definition) is 2. The van der Waals surface area contributed by atoms with Crippen molar-refractivity contribution in [2.24, 2.45) is 0 Å². The van der Waals surface area contributed by atoms with Gasteiger partial charge in [0, 0.05) is 12.8 Å². The van der Waals surface area contributed by atoms with Crippen LogP contribution in [0.1, 0.15) is 252 Å². The van der Waals surface area contributed by atoms with E-state index >= 15 is 0 Å². The summed E-state index contributed by atoms with van der Waals surface area (Å²) in [5, 5.41) is 3.04. The normalized spacial score (nSPS) is 14.5. The fourth-order valence-corrected chi connectivity index (χ4v) is 9.38. The standard InChI is InChI=1S/C71H121N2O7P/c1-7-10-13-16-19-22-25-28-30-32-34-35-36-37-39-41-43-46-49-52-55-58-61-64-71(75)80-69(62-59-56-53-50-47-44-27-24-21-18-15-12-9-3)68(67-79-81(76,77)78-66-65-73(4,5)6)72-70(74)63-60-57-54-51-48-45-42-40-38-33-31-29-26-23-20-17-14-11-8-2/h10-11,13-14,19-20,22-23,28-31,34-35,37-40,45,48,59,62,68-69H,7-9,12,15-18,21,24-27,32-33,36,41-44,46-47,49-58,60-61,63-67H2,1-6H3,(H-,72,74,76,77)/p+1/b13-10-,14-11-,22-19-,23-20-,30-28-,31-29-,35-34-,39-37-,40-38-,48-45-,62-59+. The molecule has 0 saturated carbocycles. The Morgan fingerprint density at radius 3 is 1.20 bits per heavy atom. The van der Waals surface area contributed by atoms with E-state index in [0.29, 0.717) is 23.9 Å². The van der Waals surface area contributed by atoms with Gasteiger partial charge in [0.15, 0.2) is 0 Å². The molecule has 462 valence electrons. The lowest BCUT2D eigenvalue weighted by atomic mass is 10.0. The first kappa shape index (κ1) is 77.2. The summed E-state index contributed by atoms with van der Waals surface area (Å²) in [5.41, 5.74) is 0. The van der Waals surface area contributed by atoms with Crippen LogP contribution in [0.3, 0.4) is 0 Å². The SMILES string of the molecule is CC/C=C\C/C=C\C/C=C\C/C=C\C/C=C\CCCCCCCCCC(=O)OC(/C=C/CCCCCCCCCCCCC)C(COP(=O)(O)OCC[N+](C)(C)C)NC(=O)CCCCC/C=C\C/C=C\C/C=C\C/C=C\C/C=C\CC. The van der Waals surface area contributed by atoms with Crippen molar-refractivity contribution in [1.82, 2.24) is 5.32 Å². The van der Waals surface area contributed by atoms with E-state index in [9.17, 15) is 19.0 Å². The molecule has 0 aromatic heterocycles. The van der Waals surface area contributed by atoms with Crippen LogP contribution >= 0.6 is 7.82 Å². The summed E-state index contributed by atoms with van der Waals surface area (Å²) in [4.78, 5) is 37.8. The number of amides is 1. The zero-order chi connectivity index (χ0) is 59.3. The largest absolute Gasteiger partial charge is 0.472 e. The minimum atomic E-state index is -4.47. The molecule has 2 N–H and O–H groups in total. The van der Waals surface area contributed by atoms with E-state index in [4.69, 9.17) is 13.8 Å². The Morgan fingerprint density at radius 2 is 0.790 bits per heavy atom. The van der Waals surface area contributed by atoms with Gasteiger partial charge in [-0.1, -0.05) is 251 Å². The molecule has 0 spiro atoms. The Balaban J connectivity index is 5.32. The van der Waals surface area contributed by atoms with Crippen LogP contribution in [-0.4, -0.2) is 74.3 Å². The predicted octanol–water partition coefficient (Wildman–Crippen LogP) is 20.4. The molecule has 3 atom stereocenters. The van der Waals surface area contributed by atoms with Gasteiger partial charge < -0.3 is 19.4 Å². The van der Waals surface area contributed by atoms with Gasteiger partial charge in [-0.05, 0) is 122 Å². The molecule has 1 amide bonds. The first-order valence-corrected chi connectivity index (χ1v) is 34.0. The number of carbonyl (C=O) groups is 2. The molecule has 0 bridgehead atoms. The van der Waals surface area contributed by atoms with E-state index in [-0.39, 0.29) is 37.9 Å². The summed E-state index contributed by atoms with van der Waals surface area (Å²) in [5.74, 6) is -0.563. The number of esters is 1. The van der Waals surface area contributed by atoms with Crippen LogP contribution < -0.4 is 5.32 Å². The fourth-order valence-electron chi connectivity index (χ4n) is 8.64. The maximum atomic E-state index is 13.6. The van der Waals surface area contributed by atoms with Gasteiger partial charge in [0.1, 0.15) is 19.3 Å². The second-order valence-corrected chi connectivity index (χ2v) is 24.0. The number of phosphoric ester groups is 1. The molecule has 3 unspecified atom stereocenters. The molecular weight excluding hydrogens is 1020 g/mol. The van der Waals surface area contributed by atoms with E-state index in [2.05, 4.69) is 148 Å². The van der Waals surface area contributed by atoms with Crippen LogP contribution in [0.15, 0.2) is 134 Å². The summed E-state index contributed by atoms with van der Waals surface area (Å²) in [7, 11) is 1.45. The van der Waals surface area contributed by atoms with Gasteiger partial charge in [-0.15, -0.1) is 0 Å². The van der Waals surface area contributed by atoms with Gasteiger partial charge in [-0.3, -0.25) is 18.6 Å². The van der Waals surface area contributed by atoms with Gasteiger partial charge >= 0.3 is 13.8 Å². The molecule has 0 rings (SSSR count). The van der Waals surface area contributed by atoms with Gasteiger partial charge in [0.25, 0.3) is 0 Å². The number of quaternary nitrogens is 1. The number of unbranched alkanes of at least 4 members (excludes halogenated alkanes) is 21. The Bertz CT molecular complexity index is 1850. The lowest BCUT2D eigenvalue weighted by Crippen LogP contribution is -2.47. The number of nitrogens with zero attached hydrogens (tertiary/aromatic N) is 1. The highest BCUT2D eigenvalue weighted by molar-refractivity contribution is 7.47. The zero-order valence-electron chi connectivity index (χ0n) is 52.7. The van der Waals surface area contributed by atoms with Gasteiger partial charge in [0.05, 0.1) is 33.8 Å². The molecule has 0 saturated heterocycles. The van der Waals surface area contributed by atoms with Gasteiger partial charge in [-0.2, -0.15) is 0 Å². The van der Waals surface area contributed by atoms with E-state index < -0.39 is 20.0 Å². The van der Waals surface area contributed by atoms with E-state index in [0.717, 1.165) is 128 Å². The van der Waals surface area contributed by atoms with Crippen LogP contribution in [0.4, 0.5) is 0 Å². The maximum Gasteiger partial charge on any atom is 0.472 e. The fraction of sp³-hybridized carbons (Fsp3) is 0.662. The number of nitrogens with one attached hydrogen (secondary N) is 1. The monoisotopic (exact) mass is 1150 g/mol. The molecule has 0 aliphatic heterocycles. The average molecular weight is 1150 g/mol. The molecule has 0 heterocycles. The summed E-state index contributed by atoms with van der Waals surface area (Å²) in [6.07, 6.45) is 84.5. The molecule has 0 radical (unpaired) electrons. The lowest BCUT2D eigenvalue weighted by Gasteiger charge is -2.27. The second kappa shape index (κ2) is 59.3. The molecular formula is C71H122N2O7P+. The van der Waals surface area contributed by atoms with Crippen molar-refractivity contribution in [3.8, 4) is 0 Å². The van der Waals surface area contributed by atoms with Crippen LogP contribution in [0.2, 0.25) is 0 Å². The topological polar surface area (TPSA) is 111 Å². The quantitative estimate of drug-likeness (QED) is 0.0205. The van der Waals surface area contributed by atoms with Crippen LogP contribution in [0, 0.1) is 0 Å². The third-order valence-electron chi connectivity index (χ3n) is 13.6. The third kappa shape index (κ3) is 60.6. The molecule has 0 aliphatic carbocycles. The van der Waals surface area contributed by atoms with E-state index in [1.54, 1.807) is 0 Å². The number of ether oxygens (including phenoxy) is 1. The second-order valence-electron chi connectivity index (χ2n) is 22.5. The third-order valence-corrected chi connectivity index (χ3v) is 14.6. The van der Waals surface area contributed by atoms with E-state index in [1.807, 2.05) is 33.3 Å². The smallest absolute Gasteiger partial charge is 0.456 e. The number of hydrogen-bond acceptors (Lipinski definition) is 6. The summed E-state index contributed by atoms with van der Waals surface area (Å²) < 4.78 is 30.7. The van der Waals surface area contributed by atoms with Crippen LogP contribution in [0.5, 0.6) is 0 Å². The van der Waals surface area contributed by atoms with Gasteiger partial charge in [-0.25, -0.2) is 4.57 Å². The molecule has 9 nitrogen and oxygen atoms in total. The number of rotatable bonds is 57. The molecule has 0 fully saturated rings. The highest BCUT2D eigenvalue weighted by Gasteiger charge is 2.30. The Hall–Kier alpha value is -3.85. The van der Waals surface area contributed by atoms with Crippen LogP contribution in [0.25, 0.3) is 0 Å². The van der Waals surface area contributed by atoms with Crippen molar-refractivity contribution in [2.75, 3.05) is 40.9 Å². The first-order chi connectivity index (χ1) is 39.4. The molecule has 0 aromatic carbocycles. The number of likely N-dealkylation sites (N-methyl/N-ethyl adjacent to an activating group) is 1. The van der Waals surface area contributed by atoms with Crippen LogP contribution in [-0.2, 0) is 27.9 Å². The van der Waals surface area contributed by atoms with Crippen molar-refractivity contribution in [2.45, 2.75) is 264 Å². The van der Waals surface area contributed by atoms with Crippen molar-refractivity contribution < 1.29 is 37.3 Å². The average Bonchev–Trinajstić information content (AvgIpc) is 3.44. The highest BCUT2D eigenvalue weighted by atomic mass is 31.2. The minimum absolute atomic E-state index is 0.0241. The zero-order valence-corrected chi connectivity index (χ0v) is 53.6. The van der Waals surface area contributed by atoms with Crippen molar-refractivity contribution in [1.29, 1.82) is 0 Å². The van der Waals surface area contributed by atoms with Crippen molar-refractivity contribution in [3.05, 3.63) is 134 Å². The number of allylic oxidation sites excluding steroid dienone is 21. The summed E-state index contributed by atoms with van der Waals surface area (Å²) >= 11 is 0. The first-order valence-electron chi connectivity index (χ1n) is 32.5. The summed E-state index contributed by atoms with van der Waals surface area (Å²) in [6.45, 7) is 6.74. The predicted molar refractivity (Wildman–Crippen MR) is 350 cm³/mol. The number of phosphoric acid groups is 1. The summed E-state index contributed by atoms with van der Waals surface area (Å²) in [6, 6.07) is -0.881. The van der Waals surface area contributed by atoms with Gasteiger partial charge in [0.2, 0.25) is 5.91 Å². The Morgan fingerprint density at radius 1 is 0.444 bits per heavy atom. The Labute approximate surface area is 498 Å². The van der Waals surface area contributed by atoms with Crippen molar-refractivity contribution in [3.63, 3.8) is 0 Å². The lowest BCUT2D eigenvalue weighted by molar-refractivity contribution is -0.870. The maximum absolute atomic E-state index is 13.6. The minimum Gasteiger partial charge on any atom is -0.456 e.